The van der Waals surface area contributed by atoms with Crippen molar-refractivity contribution in [3.05, 3.63) is 23.8 Å². The molecule has 1 saturated carbocycles. The van der Waals surface area contributed by atoms with E-state index >= 15 is 0 Å². The molecule has 116 valence electrons. The van der Waals surface area contributed by atoms with Gasteiger partial charge in [-0.05, 0) is 67.8 Å². The van der Waals surface area contributed by atoms with E-state index in [1.165, 1.54) is 5.57 Å². The van der Waals surface area contributed by atoms with E-state index in [1.807, 2.05) is 6.08 Å². The van der Waals surface area contributed by atoms with Gasteiger partial charge in [0.15, 0.2) is 5.78 Å². The summed E-state index contributed by atoms with van der Waals surface area (Å²) in [6.07, 6.45) is 13.1. The quantitative estimate of drug-likeness (QED) is 0.683. The zero-order valence-corrected chi connectivity index (χ0v) is 13.3. The number of rotatable bonds is 0. The van der Waals surface area contributed by atoms with Crippen molar-refractivity contribution >= 4 is 5.78 Å². The van der Waals surface area contributed by atoms with Gasteiger partial charge < -0.3 is 5.11 Å². The van der Waals surface area contributed by atoms with Crippen molar-refractivity contribution in [3.63, 3.8) is 0 Å². The third-order valence-corrected chi connectivity index (χ3v) is 6.36. The molecule has 0 spiro atoms. The Morgan fingerprint density at radius 3 is 2.95 bits per heavy atom. The number of fused-ring (bicyclic) bond motifs is 3. The molecule has 0 radical (unpaired) electrons. The molecule has 1 fully saturated rings. The van der Waals surface area contributed by atoms with E-state index in [9.17, 15) is 9.90 Å². The largest absolute Gasteiger partial charge is 0.393 e. The Bertz CT molecular complexity index is 476. The molecule has 0 bridgehead atoms. The Morgan fingerprint density at radius 2 is 2.14 bits per heavy atom. The van der Waals surface area contributed by atoms with Gasteiger partial charge in [0.1, 0.15) is 0 Å². The van der Waals surface area contributed by atoms with Crippen molar-refractivity contribution in [2.75, 3.05) is 0 Å². The maximum absolute atomic E-state index is 11.8. The van der Waals surface area contributed by atoms with Gasteiger partial charge in [-0.2, -0.15) is 0 Å². The second kappa shape index (κ2) is 5.72. The lowest BCUT2D eigenvalue weighted by Crippen LogP contribution is -2.43. The maximum atomic E-state index is 11.8. The first-order valence-electron chi connectivity index (χ1n) is 8.59. The van der Waals surface area contributed by atoms with Crippen molar-refractivity contribution in [3.8, 4) is 0 Å². The summed E-state index contributed by atoms with van der Waals surface area (Å²) >= 11 is 0. The van der Waals surface area contributed by atoms with Gasteiger partial charge in [0.25, 0.3) is 0 Å². The average molecular weight is 288 g/mol. The number of hydrogen-bond donors (Lipinski definition) is 1. The van der Waals surface area contributed by atoms with Gasteiger partial charge in [-0.3, -0.25) is 4.79 Å². The predicted octanol–water partition coefficient (Wildman–Crippen LogP) is 4.05. The van der Waals surface area contributed by atoms with Crippen molar-refractivity contribution in [2.45, 2.75) is 64.9 Å². The van der Waals surface area contributed by atoms with E-state index in [1.54, 1.807) is 0 Å². The molecule has 5 unspecified atom stereocenters. The molecule has 0 aromatic rings. The molecule has 0 amide bonds. The molecule has 0 aromatic heterocycles. The van der Waals surface area contributed by atoms with Crippen LogP contribution < -0.4 is 0 Å². The number of carbonyl (C=O) groups excluding carboxylic acids is 1. The van der Waals surface area contributed by atoms with Crippen LogP contribution in [0.4, 0.5) is 0 Å². The van der Waals surface area contributed by atoms with E-state index in [0.29, 0.717) is 24.2 Å². The molecule has 0 heterocycles. The lowest BCUT2D eigenvalue weighted by molar-refractivity contribution is -0.114. The van der Waals surface area contributed by atoms with Gasteiger partial charge >= 0.3 is 0 Å². The first kappa shape index (κ1) is 15.0. The minimum absolute atomic E-state index is 0.142. The topological polar surface area (TPSA) is 37.3 Å². The highest BCUT2D eigenvalue weighted by molar-refractivity contribution is 5.89. The van der Waals surface area contributed by atoms with Gasteiger partial charge in [-0.25, -0.2) is 0 Å². The highest BCUT2D eigenvalue weighted by Gasteiger charge is 2.47. The summed E-state index contributed by atoms with van der Waals surface area (Å²) in [5.41, 5.74) is 1.74. The molecular weight excluding hydrogens is 260 g/mol. The summed E-state index contributed by atoms with van der Waals surface area (Å²) in [5, 5.41) is 9.99. The SMILES string of the molecule is CC1C=CC(=O)CCCC2C1CC=C1CC(O)CCC12C. The fourth-order valence-corrected chi connectivity index (χ4v) is 4.97. The Kier molecular flexibility index (Phi) is 4.09. The zero-order valence-electron chi connectivity index (χ0n) is 13.3. The van der Waals surface area contributed by atoms with Crippen molar-refractivity contribution in [2.24, 2.45) is 23.2 Å². The van der Waals surface area contributed by atoms with Crippen molar-refractivity contribution < 1.29 is 9.90 Å². The van der Waals surface area contributed by atoms with Gasteiger partial charge in [-0.15, -0.1) is 0 Å². The van der Waals surface area contributed by atoms with Crippen LogP contribution in [0, 0.1) is 23.2 Å². The molecule has 21 heavy (non-hydrogen) atoms. The van der Waals surface area contributed by atoms with Crippen molar-refractivity contribution in [1.29, 1.82) is 0 Å². The highest BCUT2D eigenvalue weighted by atomic mass is 16.3. The number of allylic oxidation sites excluding steroid dienone is 3. The van der Waals surface area contributed by atoms with E-state index in [0.717, 1.165) is 38.5 Å². The zero-order chi connectivity index (χ0) is 15.0. The van der Waals surface area contributed by atoms with Gasteiger partial charge in [0.2, 0.25) is 0 Å². The summed E-state index contributed by atoms with van der Waals surface area (Å²) in [5.74, 6) is 2.07. The molecule has 3 rings (SSSR count). The Balaban J connectivity index is 1.92. The third-order valence-electron chi connectivity index (χ3n) is 6.36. The number of ketones is 1. The van der Waals surface area contributed by atoms with Crippen LogP contribution in [0.3, 0.4) is 0 Å². The van der Waals surface area contributed by atoms with Gasteiger partial charge in [0.05, 0.1) is 6.10 Å². The smallest absolute Gasteiger partial charge is 0.155 e. The number of aliphatic hydroxyl groups excluding tert-OH is 1. The first-order chi connectivity index (χ1) is 10.0. The minimum Gasteiger partial charge on any atom is -0.393 e. The van der Waals surface area contributed by atoms with E-state index in [-0.39, 0.29) is 17.3 Å². The Morgan fingerprint density at radius 1 is 1.33 bits per heavy atom. The molecule has 1 N–H and O–H groups in total. The van der Waals surface area contributed by atoms with Crippen molar-refractivity contribution in [1.82, 2.24) is 0 Å². The third kappa shape index (κ3) is 2.75. The second-order valence-electron chi connectivity index (χ2n) is 7.63. The normalized spacial score (nSPS) is 44.0. The van der Waals surface area contributed by atoms with Crippen LogP contribution in [0.1, 0.15) is 58.8 Å². The van der Waals surface area contributed by atoms with Crippen LogP contribution in [-0.2, 0) is 4.79 Å². The number of carbonyl (C=O) groups is 1. The molecule has 0 aliphatic heterocycles. The fourth-order valence-electron chi connectivity index (χ4n) is 4.97. The van der Waals surface area contributed by atoms with E-state index in [2.05, 4.69) is 26.0 Å². The number of hydrogen-bond acceptors (Lipinski definition) is 2. The lowest BCUT2D eigenvalue weighted by Gasteiger charge is -2.51. The Labute approximate surface area is 128 Å². The summed E-state index contributed by atoms with van der Waals surface area (Å²) in [6.45, 7) is 4.68. The van der Waals surface area contributed by atoms with Crippen LogP contribution >= 0.6 is 0 Å². The standard InChI is InChI=1S/C19H28O2/c1-13-6-8-15(20)4-3-5-18-17(13)9-7-14-12-16(21)10-11-19(14,18)2/h6-8,13,16-18,21H,3-5,9-12H2,1-2H3. The summed E-state index contributed by atoms with van der Waals surface area (Å²) in [6, 6.07) is 0. The molecule has 0 aromatic carbocycles. The Hall–Kier alpha value is -0.890. The summed E-state index contributed by atoms with van der Waals surface area (Å²) in [4.78, 5) is 11.8. The molecule has 0 saturated heterocycles. The molecule has 2 heteroatoms. The molecule has 3 aliphatic rings. The van der Waals surface area contributed by atoms with E-state index in [4.69, 9.17) is 0 Å². The van der Waals surface area contributed by atoms with Crippen LogP contribution in [0.15, 0.2) is 23.8 Å². The van der Waals surface area contributed by atoms with E-state index < -0.39 is 0 Å². The fraction of sp³-hybridized carbons (Fsp3) is 0.737. The minimum atomic E-state index is -0.142. The average Bonchev–Trinajstić information content (AvgIpc) is 2.52. The van der Waals surface area contributed by atoms with Gasteiger partial charge in [-0.1, -0.05) is 31.6 Å². The van der Waals surface area contributed by atoms with Crippen LogP contribution in [0.5, 0.6) is 0 Å². The predicted molar refractivity (Wildman–Crippen MR) is 84.8 cm³/mol. The molecule has 5 atom stereocenters. The number of aliphatic hydroxyl groups is 1. The summed E-state index contributed by atoms with van der Waals surface area (Å²) in [7, 11) is 0. The molecule has 2 nitrogen and oxygen atoms in total. The molecule has 3 aliphatic carbocycles. The second-order valence-corrected chi connectivity index (χ2v) is 7.63. The monoisotopic (exact) mass is 288 g/mol. The first-order valence-corrected chi connectivity index (χ1v) is 8.59. The van der Waals surface area contributed by atoms with Gasteiger partial charge in [0, 0.05) is 6.42 Å². The van der Waals surface area contributed by atoms with Crippen LogP contribution in [0.2, 0.25) is 0 Å². The van der Waals surface area contributed by atoms with Crippen LogP contribution in [0.25, 0.3) is 0 Å². The highest BCUT2D eigenvalue weighted by Crippen LogP contribution is 2.55. The molecular formula is C19H28O2. The lowest BCUT2D eigenvalue weighted by atomic mass is 9.54. The maximum Gasteiger partial charge on any atom is 0.155 e. The summed E-state index contributed by atoms with van der Waals surface area (Å²) < 4.78 is 0. The van der Waals surface area contributed by atoms with Crippen LogP contribution in [-0.4, -0.2) is 17.0 Å².